The number of rotatable bonds is 4. The third kappa shape index (κ3) is 3.04. The molecule has 1 unspecified atom stereocenters. The smallest absolute Gasteiger partial charge is 0.342 e. The number of aliphatic hydroxyl groups is 1. The van der Waals surface area contributed by atoms with Gasteiger partial charge in [-0.15, -0.1) is 0 Å². The van der Waals surface area contributed by atoms with Crippen LogP contribution in [0.4, 0.5) is 10.1 Å². The summed E-state index contributed by atoms with van der Waals surface area (Å²) in [4.78, 5) is 23.5. The number of halogens is 1. The highest BCUT2D eigenvalue weighted by molar-refractivity contribution is 6.08. The molecule has 0 aromatic heterocycles. The van der Waals surface area contributed by atoms with Gasteiger partial charge in [-0.1, -0.05) is 0 Å². The van der Waals surface area contributed by atoms with Crippen molar-refractivity contribution in [2.45, 2.75) is 26.0 Å². The summed E-state index contributed by atoms with van der Waals surface area (Å²) >= 11 is 0. The minimum atomic E-state index is -2.13. The lowest BCUT2D eigenvalue weighted by atomic mass is 10.2. The van der Waals surface area contributed by atoms with Crippen LogP contribution in [0.25, 0.3) is 0 Å². The predicted octanol–water partition coefficient (Wildman–Crippen LogP) is 1.01. The van der Waals surface area contributed by atoms with E-state index in [-0.39, 0.29) is 6.04 Å². The van der Waals surface area contributed by atoms with Crippen molar-refractivity contribution in [1.82, 2.24) is 0 Å². The van der Waals surface area contributed by atoms with Crippen LogP contribution in [0.5, 0.6) is 0 Å². The van der Waals surface area contributed by atoms with E-state index in [9.17, 15) is 19.1 Å². The van der Waals surface area contributed by atoms with Crippen molar-refractivity contribution >= 4 is 17.6 Å². The summed E-state index contributed by atoms with van der Waals surface area (Å²) in [6, 6.07) is 4.65. The zero-order chi connectivity index (χ0) is 13.9. The molecule has 0 saturated carbocycles. The normalized spacial score (nSPS) is 12.3. The Kier molecular flexibility index (Phi) is 4.38. The first-order chi connectivity index (χ1) is 8.34. The second-order valence-corrected chi connectivity index (χ2v) is 4.02. The number of carboxylic acids is 1. The number of anilines is 1. The molecule has 0 aliphatic carbocycles. The molecular formula is C12H14FNO4. The molecule has 6 heteroatoms. The van der Waals surface area contributed by atoms with E-state index >= 15 is 0 Å². The van der Waals surface area contributed by atoms with Gasteiger partial charge in [0, 0.05) is 11.7 Å². The van der Waals surface area contributed by atoms with Gasteiger partial charge in [0.25, 0.3) is 5.91 Å². The molecule has 0 heterocycles. The third-order valence-electron chi connectivity index (χ3n) is 2.33. The molecular weight excluding hydrogens is 241 g/mol. The second-order valence-electron chi connectivity index (χ2n) is 4.02. The molecule has 1 atom stereocenters. The number of benzene rings is 1. The SMILES string of the molecule is CC(C)N(C(=O)C(O)C(=O)O)c1ccc(F)cc1. The molecule has 0 bridgehead atoms. The van der Waals surface area contributed by atoms with E-state index in [0.29, 0.717) is 5.69 Å². The number of hydrogen-bond donors (Lipinski definition) is 2. The van der Waals surface area contributed by atoms with E-state index in [1.54, 1.807) is 13.8 Å². The summed E-state index contributed by atoms with van der Waals surface area (Å²) in [7, 11) is 0. The van der Waals surface area contributed by atoms with Gasteiger partial charge in [0.05, 0.1) is 0 Å². The summed E-state index contributed by atoms with van der Waals surface area (Å²) in [6.07, 6.45) is -2.13. The first-order valence-electron chi connectivity index (χ1n) is 5.34. The number of aliphatic hydroxyl groups excluding tert-OH is 1. The number of hydrogen-bond acceptors (Lipinski definition) is 3. The summed E-state index contributed by atoms with van der Waals surface area (Å²) < 4.78 is 12.8. The van der Waals surface area contributed by atoms with Gasteiger partial charge in [-0.25, -0.2) is 9.18 Å². The first kappa shape index (κ1) is 14.1. The Morgan fingerprint density at radius 1 is 1.22 bits per heavy atom. The zero-order valence-corrected chi connectivity index (χ0v) is 10.0. The molecule has 0 saturated heterocycles. The molecule has 1 rings (SSSR count). The topological polar surface area (TPSA) is 77.8 Å². The van der Waals surface area contributed by atoms with Crippen LogP contribution in [0.1, 0.15) is 13.8 Å². The summed E-state index contributed by atoms with van der Waals surface area (Å²) in [6.45, 7) is 3.33. The lowest BCUT2D eigenvalue weighted by molar-refractivity contribution is -0.152. The van der Waals surface area contributed by atoms with Crippen molar-refractivity contribution in [2.24, 2.45) is 0 Å². The quantitative estimate of drug-likeness (QED) is 0.787. The third-order valence-corrected chi connectivity index (χ3v) is 2.33. The Morgan fingerprint density at radius 2 is 1.72 bits per heavy atom. The maximum atomic E-state index is 12.8. The van der Waals surface area contributed by atoms with Gasteiger partial charge >= 0.3 is 5.97 Å². The molecule has 1 amide bonds. The number of carbonyl (C=O) groups excluding carboxylic acids is 1. The Labute approximate surface area is 103 Å². The minimum Gasteiger partial charge on any atom is -0.479 e. The molecule has 0 radical (unpaired) electrons. The predicted molar refractivity (Wildman–Crippen MR) is 62.7 cm³/mol. The fraction of sp³-hybridized carbons (Fsp3) is 0.333. The van der Waals surface area contributed by atoms with E-state index in [0.717, 1.165) is 17.0 Å². The Bertz CT molecular complexity index is 444. The number of nitrogens with zero attached hydrogens (tertiary/aromatic N) is 1. The van der Waals surface area contributed by atoms with Gasteiger partial charge in [-0.2, -0.15) is 0 Å². The highest BCUT2D eigenvalue weighted by Crippen LogP contribution is 2.18. The molecule has 0 aliphatic heterocycles. The largest absolute Gasteiger partial charge is 0.479 e. The molecule has 1 aromatic carbocycles. The zero-order valence-electron chi connectivity index (χ0n) is 10.0. The molecule has 5 nitrogen and oxygen atoms in total. The summed E-state index contributed by atoms with van der Waals surface area (Å²) in [5.74, 6) is -3.04. The molecule has 0 spiro atoms. The van der Waals surface area contributed by atoms with Crippen LogP contribution >= 0.6 is 0 Å². The van der Waals surface area contributed by atoms with Gasteiger partial charge in [-0.3, -0.25) is 4.79 Å². The van der Waals surface area contributed by atoms with Crippen molar-refractivity contribution in [3.8, 4) is 0 Å². The van der Waals surface area contributed by atoms with E-state index in [1.165, 1.54) is 12.1 Å². The lowest BCUT2D eigenvalue weighted by Crippen LogP contribution is -2.46. The van der Waals surface area contributed by atoms with Crippen molar-refractivity contribution in [3.05, 3.63) is 30.1 Å². The van der Waals surface area contributed by atoms with Crippen molar-refractivity contribution in [2.75, 3.05) is 4.90 Å². The number of amides is 1. The van der Waals surface area contributed by atoms with Gasteiger partial charge in [0.2, 0.25) is 6.10 Å². The van der Waals surface area contributed by atoms with Crippen LogP contribution in [-0.4, -0.2) is 34.2 Å². The van der Waals surface area contributed by atoms with Gasteiger partial charge in [-0.05, 0) is 38.1 Å². The maximum absolute atomic E-state index is 12.8. The number of aliphatic carboxylic acids is 1. The maximum Gasteiger partial charge on any atom is 0.342 e. The van der Waals surface area contributed by atoms with Crippen molar-refractivity contribution in [3.63, 3.8) is 0 Å². The molecule has 1 aromatic rings. The number of carbonyl (C=O) groups is 2. The van der Waals surface area contributed by atoms with Gasteiger partial charge in [0.1, 0.15) is 5.82 Å². The van der Waals surface area contributed by atoms with E-state index in [4.69, 9.17) is 5.11 Å². The molecule has 98 valence electrons. The highest BCUT2D eigenvalue weighted by atomic mass is 19.1. The average molecular weight is 255 g/mol. The molecule has 0 fully saturated rings. The molecule has 0 aliphatic rings. The minimum absolute atomic E-state index is 0.330. The molecule has 18 heavy (non-hydrogen) atoms. The Balaban J connectivity index is 3.07. The van der Waals surface area contributed by atoms with E-state index in [1.807, 2.05) is 0 Å². The van der Waals surface area contributed by atoms with Crippen LogP contribution < -0.4 is 4.90 Å². The summed E-state index contributed by atoms with van der Waals surface area (Å²) in [5.41, 5.74) is 0.330. The van der Waals surface area contributed by atoms with Crippen LogP contribution in [0.15, 0.2) is 24.3 Å². The first-order valence-corrected chi connectivity index (χ1v) is 5.34. The monoisotopic (exact) mass is 255 g/mol. The fourth-order valence-electron chi connectivity index (χ4n) is 1.52. The summed E-state index contributed by atoms with van der Waals surface area (Å²) in [5, 5.41) is 17.9. The fourth-order valence-corrected chi connectivity index (χ4v) is 1.52. The van der Waals surface area contributed by atoms with Crippen LogP contribution in [-0.2, 0) is 9.59 Å². The lowest BCUT2D eigenvalue weighted by Gasteiger charge is -2.27. The second kappa shape index (κ2) is 5.59. The Hall–Kier alpha value is -1.95. The highest BCUT2D eigenvalue weighted by Gasteiger charge is 2.30. The van der Waals surface area contributed by atoms with Crippen LogP contribution in [0, 0.1) is 5.82 Å². The Morgan fingerprint density at radius 3 is 2.11 bits per heavy atom. The van der Waals surface area contributed by atoms with E-state index in [2.05, 4.69) is 0 Å². The standard InChI is InChI=1S/C12H14FNO4/c1-7(2)14(11(16)10(15)12(17)18)9-5-3-8(13)4-6-9/h3-7,10,15H,1-2H3,(H,17,18). The van der Waals surface area contributed by atoms with Crippen LogP contribution in [0.3, 0.4) is 0 Å². The van der Waals surface area contributed by atoms with E-state index < -0.39 is 23.8 Å². The van der Waals surface area contributed by atoms with Gasteiger partial charge < -0.3 is 15.1 Å². The van der Waals surface area contributed by atoms with Crippen molar-refractivity contribution in [1.29, 1.82) is 0 Å². The number of carboxylic acid groups (broad SMARTS) is 1. The van der Waals surface area contributed by atoms with Gasteiger partial charge in [0.15, 0.2) is 0 Å². The van der Waals surface area contributed by atoms with Crippen molar-refractivity contribution < 1.29 is 24.2 Å². The average Bonchev–Trinajstić information content (AvgIpc) is 2.30. The van der Waals surface area contributed by atoms with Crippen LogP contribution in [0.2, 0.25) is 0 Å². The molecule has 2 N–H and O–H groups in total.